The molecule has 0 aliphatic carbocycles. The summed E-state index contributed by atoms with van der Waals surface area (Å²) >= 11 is 0. The van der Waals surface area contributed by atoms with Crippen molar-refractivity contribution in [2.75, 3.05) is 20.1 Å². The lowest BCUT2D eigenvalue weighted by Crippen LogP contribution is -2.24. The van der Waals surface area contributed by atoms with Crippen molar-refractivity contribution < 1.29 is 18.7 Å². The van der Waals surface area contributed by atoms with Crippen LogP contribution in [-0.2, 0) is 4.79 Å². The number of aliphatic imine (C=N–C) groups is 1. The summed E-state index contributed by atoms with van der Waals surface area (Å²) < 4.78 is 27.2. The van der Waals surface area contributed by atoms with Crippen molar-refractivity contribution in [2.45, 2.75) is 20.8 Å². The quantitative estimate of drug-likeness (QED) is 0.423. The lowest BCUT2D eigenvalue weighted by molar-refractivity contribution is -0.111. The van der Waals surface area contributed by atoms with Crippen molar-refractivity contribution in [3.05, 3.63) is 107 Å². The summed E-state index contributed by atoms with van der Waals surface area (Å²) in [6.07, 6.45) is 3.52. The van der Waals surface area contributed by atoms with Gasteiger partial charge in [0.25, 0.3) is 0 Å². The van der Waals surface area contributed by atoms with E-state index in [-0.39, 0.29) is 17.2 Å². The summed E-state index contributed by atoms with van der Waals surface area (Å²) in [4.78, 5) is 18.8. The molecule has 0 radical (unpaired) electrons. The smallest absolute Gasteiger partial charge is 0.190 e. The fourth-order valence-corrected chi connectivity index (χ4v) is 3.55. The molecule has 4 nitrogen and oxygen atoms in total. The Morgan fingerprint density at radius 1 is 1.03 bits per heavy atom. The van der Waals surface area contributed by atoms with Crippen LogP contribution in [0.1, 0.15) is 31.9 Å². The van der Waals surface area contributed by atoms with Gasteiger partial charge in [-0.2, -0.15) is 0 Å². The number of likely N-dealkylation sites (N-methyl/N-ethyl adjacent to an activating group) is 1. The normalized spacial score (nSPS) is 18.5. The van der Waals surface area contributed by atoms with Crippen molar-refractivity contribution in [1.29, 1.82) is 0 Å². The Kier molecular flexibility index (Phi) is 9.68. The number of aliphatic hydroxyl groups excluding tert-OH is 1. The van der Waals surface area contributed by atoms with E-state index in [0.717, 1.165) is 6.26 Å². The number of ketones is 1. The summed E-state index contributed by atoms with van der Waals surface area (Å²) in [7, 11) is 1.87. The van der Waals surface area contributed by atoms with Gasteiger partial charge in [0.2, 0.25) is 0 Å². The number of hydrogen-bond donors (Lipinski definition) is 1. The average Bonchev–Trinajstić information content (AvgIpc) is 2.83. The van der Waals surface area contributed by atoms with Crippen LogP contribution in [0.25, 0.3) is 11.1 Å². The Hall–Kier alpha value is -3.80. The molecule has 178 valence electrons. The van der Waals surface area contributed by atoms with Gasteiger partial charge in [-0.25, -0.2) is 8.78 Å². The number of carbonyl (C=O) groups excluding carboxylic acids is 1. The molecule has 6 heteroatoms. The number of benzene rings is 2. The van der Waals surface area contributed by atoms with Crippen LogP contribution in [0.5, 0.6) is 0 Å². The zero-order valence-electron chi connectivity index (χ0n) is 20.0. The highest BCUT2D eigenvalue weighted by Crippen LogP contribution is 2.36. The predicted molar refractivity (Wildman–Crippen MR) is 136 cm³/mol. The van der Waals surface area contributed by atoms with Crippen LogP contribution in [-0.4, -0.2) is 42.1 Å². The van der Waals surface area contributed by atoms with E-state index >= 15 is 0 Å². The fraction of sp³-hybridized carbons (Fsp3) is 0.214. The van der Waals surface area contributed by atoms with E-state index in [1.54, 1.807) is 31.2 Å². The van der Waals surface area contributed by atoms with Gasteiger partial charge in [-0.15, -0.1) is 0 Å². The van der Waals surface area contributed by atoms with Gasteiger partial charge in [-0.1, -0.05) is 44.7 Å². The first-order valence-corrected chi connectivity index (χ1v) is 11.1. The lowest BCUT2D eigenvalue weighted by atomic mass is 9.89. The first kappa shape index (κ1) is 26.5. The summed E-state index contributed by atoms with van der Waals surface area (Å²) in [6, 6.07) is 12.0. The Morgan fingerprint density at radius 3 is 2.09 bits per heavy atom. The second kappa shape index (κ2) is 12.4. The van der Waals surface area contributed by atoms with Gasteiger partial charge in [-0.05, 0) is 59.5 Å². The standard InChI is InChI=1S/C26H24F2N2O2.C2H6/c1-17-14-24(32)21(16-31)15-29-12-13-30(3)26(17)25(20-6-10-23(28)11-7-20)18(2)19-4-8-22(27)9-5-19;1-2/h4-11,14-16,31H,2,12-13H2,1,3H3;1-2H3/b17-14+,21-16-,26-25+,29-15?;. The van der Waals surface area contributed by atoms with E-state index in [1.165, 1.54) is 36.6 Å². The van der Waals surface area contributed by atoms with Gasteiger partial charge in [-0.3, -0.25) is 9.79 Å². The van der Waals surface area contributed by atoms with Crippen LogP contribution >= 0.6 is 0 Å². The molecule has 0 saturated heterocycles. The maximum atomic E-state index is 13.7. The van der Waals surface area contributed by atoms with Crippen LogP contribution in [0.4, 0.5) is 8.78 Å². The van der Waals surface area contributed by atoms with Crippen LogP contribution in [0.15, 0.2) is 89.3 Å². The van der Waals surface area contributed by atoms with Gasteiger partial charge in [0.05, 0.1) is 18.4 Å². The van der Waals surface area contributed by atoms with Crippen molar-refractivity contribution in [3.8, 4) is 0 Å². The molecule has 0 bridgehead atoms. The molecule has 0 unspecified atom stereocenters. The number of carbonyl (C=O) groups is 1. The van der Waals surface area contributed by atoms with E-state index in [1.807, 2.05) is 25.8 Å². The highest BCUT2D eigenvalue weighted by Gasteiger charge is 2.21. The van der Waals surface area contributed by atoms with Crippen LogP contribution in [0.3, 0.4) is 0 Å². The topological polar surface area (TPSA) is 52.9 Å². The van der Waals surface area contributed by atoms with E-state index in [2.05, 4.69) is 11.6 Å². The minimum absolute atomic E-state index is 0.0777. The second-order valence-corrected chi connectivity index (χ2v) is 7.45. The van der Waals surface area contributed by atoms with Crippen molar-refractivity contribution in [3.63, 3.8) is 0 Å². The molecule has 2 aromatic carbocycles. The molecule has 0 saturated carbocycles. The van der Waals surface area contributed by atoms with Gasteiger partial charge in [0.15, 0.2) is 5.78 Å². The Labute approximate surface area is 200 Å². The van der Waals surface area contributed by atoms with Crippen LogP contribution < -0.4 is 0 Å². The maximum absolute atomic E-state index is 13.7. The SMILES string of the molecule is C=C(/C(=C1/C(C)=C/C(=O)/C(=C\O)C=NCCN1C)c1ccc(F)cc1)c1ccc(F)cc1.CC. The number of allylic oxidation sites excluding steroid dienone is 5. The predicted octanol–water partition coefficient (Wildman–Crippen LogP) is 6.39. The molecular formula is C28H30F2N2O2. The second-order valence-electron chi connectivity index (χ2n) is 7.45. The molecule has 0 atom stereocenters. The maximum Gasteiger partial charge on any atom is 0.190 e. The van der Waals surface area contributed by atoms with E-state index in [0.29, 0.717) is 46.6 Å². The molecule has 0 amide bonds. The largest absolute Gasteiger partial charge is 0.515 e. The number of rotatable bonds is 3. The lowest BCUT2D eigenvalue weighted by Gasteiger charge is -2.28. The van der Waals surface area contributed by atoms with E-state index in [9.17, 15) is 18.7 Å². The summed E-state index contributed by atoms with van der Waals surface area (Å²) in [5, 5.41) is 9.41. The minimum atomic E-state index is -0.396. The summed E-state index contributed by atoms with van der Waals surface area (Å²) in [5.41, 5.74) is 4.08. The van der Waals surface area contributed by atoms with Crippen molar-refractivity contribution in [1.82, 2.24) is 4.90 Å². The molecule has 0 spiro atoms. The van der Waals surface area contributed by atoms with Crippen LogP contribution in [0.2, 0.25) is 0 Å². The van der Waals surface area contributed by atoms with E-state index in [4.69, 9.17) is 0 Å². The zero-order valence-corrected chi connectivity index (χ0v) is 20.0. The number of hydrogen-bond acceptors (Lipinski definition) is 4. The Bertz CT molecular complexity index is 1140. The third-order valence-electron chi connectivity index (χ3n) is 5.19. The molecule has 2 aromatic rings. The Balaban J connectivity index is 0.00000199. The Morgan fingerprint density at radius 2 is 1.56 bits per heavy atom. The summed E-state index contributed by atoms with van der Waals surface area (Å²) in [5.74, 6) is -1.14. The van der Waals surface area contributed by atoms with Crippen molar-refractivity contribution in [2.24, 2.45) is 4.99 Å². The molecule has 1 aliphatic rings. The molecular weight excluding hydrogens is 434 g/mol. The van der Waals surface area contributed by atoms with Crippen LogP contribution in [0, 0.1) is 11.6 Å². The van der Waals surface area contributed by atoms with Gasteiger partial charge in [0, 0.05) is 31.1 Å². The first-order chi connectivity index (χ1) is 16.3. The molecule has 1 heterocycles. The van der Waals surface area contributed by atoms with Gasteiger partial charge in [0.1, 0.15) is 11.6 Å². The minimum Gasteiger partial charge on any atom is -0.515 e. The van der Waals surface area contributed by atoms with Gasteiger partial charge < -0.3 is 10.0 Å². The third-order valence-corrected chi connectivity index (χ3v) is 5.19. The monoisotopic (exact) mass is 464 g/mol. The number of nitrogens with zero attached hydrogens (tertiary/aromatic N) is 2. The number of halogens is 2. The first-order valence-electron chi connectivity index (χ1n) is 11.1. The highest BCUT2D eigenvalue weighted by atomic mass is 19.1. The highest BCUT2D eigenvalue weighted by molar-refractivity contribution is 6.18. The molecule has 34 heavy (non-hydrogen) atoms. The molecule has 0 aromatic heterocycles. The summed E-state index contributed by atoms with van der Waals surface area (Å²) in [6.45, 7) is 10.9. The molecule has 1 N–H and O–H groups in total. The molecule has 0 fully saturated rings. The molecule has 3 rings (SSSR count). The fourth-order valence-electron chi connectivity index (χ4n) is 3.55. The van der Waals surface area contributed by atoms with Gasteiger partial charge >= 0.3 is 0 Å². The number of aliphatic hydroxyl groups is 1. The molecule has 1 aliphatic heterocycles. The van der Waals surface area contributed by atoms with E-state index < -0.39 is 5.78 Å². The third kappa shape index (κ3) is 6.38. The van der Waals surface area contributed by atoms with Crippen molar-refractivity contribution >= 4 is 23.1 Å². The average molecular weight is 465 g/mol. The zero-order chi connectivity index (χ0) is 25.3.